The first kappa shape index (κ1) is 14.3. The summed E-state index contributed by atoms with van der Waals surface area (Å²) in [4.78, 5) is 13.9. The highest BCUT2D eigenvalue weighted by molar-refractivity contribution is 5.73. The van der Waals surface area contributed by atoms with Crippen LogP contribution in [0.25, 0.3) is 0 Å². The zero-order valence-corrected chi connectivity index (χ0v) is 11.2. The molecular formula is C12H25N3O2. The molecular weight excluding hydrogens is 218 g/mol. The quantitative estimate of drug-likeness (QED) is 0.679. The van der Waals surface area contributed by atoms with Crippen LogP contribution in [0, 0.1) is 0 Å². The molecule has 0 aromatic heterocycles. The summed E-state index contributed by atoms with van der Waals surface area (Å²) in [5.41, 5.74) is 0.0368. The van der Waals surface area contributed by atoms with E-state index >= 15 is 0 Å². The largest absolute Gasteiger partial charge is 0.383 e. The van der Waals surface area contributed by atoms with Crippen LogP contribution in [-0.4, -0.2) is 56.4 Å². The molecule has 1 fully saturated rings. The highest BCUT2D eigenvalue weighted by atomic mass is 16.5. The van der Waals surface area contributed by atoms with Crippen molar-refractivity contribution in [2.75, 3.05) is 39.9 Å². The van der Waals surface area contributed by atoms with E-state index in [2.05, 4.69) is 29.4 Å². The maximum Gasteiger partial charge on any atom is 0.314 e. The topological polar surface area (TPSA) is 53.6 Å². The lowest BCUT2D eigenvalue weighted by atomic mass is 10.0. The van der Waals surface area contributed by atoms with Crippen molar-refractivity contribution in [3.63, 3.8) is 0 Å². The van der Waals surface area contributed by atoms with Crippen LogP contribution >= 0.6 is 0 Å². The molecule has 0 aliphatic carbocycles. The third-order valence-electron chi connectivity index (χ3n) is 3.24. The number of ether oxygens (including phenoxy) is 1. The van der Waals surface area contributed by atoms with Gasteiger partial charge in [0.25, 0.3) is 0 Å². The minimum atomic E-state index is -0.116. The van der Waals surface area contributed by atoms with Crippen LogP contribution in [0.15, 0.2) is 0 Å². The van der Waals surface area contributed by atoms with E-state index in [0.29, 0.717) is 19.7 Å². The Labute approximate surface area is 104 Å². The lowest BCUT2D eigenvalue weighted by Crippen LogP contribution is -2.52. The Bertz CT molecular complexity index is 238. The lowest BCUT2D eigenvalue weighted by Gasteiger charge is -2.35. The number of urea groups is 1. The maximum atomic E-state index is 11.5. The second-order valence-corrected chi connectivity index (χ2v) is 5.11. The zero-order chi connectivity index (χ0) is 12.7. The van der Waals surface area contributed by atoms with E-state index in [4.69, 9.17) is 4.74 Å². The Morgan fingerprint density at radius 2 is 1.94 bits per heavy atom. The molecule has 17 heavy (non-hydrogen) atoms. The summed E-state index contributed by atoms with van der Waals surface area (Å²) in [5, 5.41) is 5.66. The fraction of sp³-hybridized carbons (Fsp3) is 0.917. The van der Waals surface area contributed by atoms with Gasteiger partial charge < -0.3 is 15.4 Å². The molecule has 0 aromatic carbocycles. The fourth-order valence-electron chi connectivity index (χ4n) is 2.06. The van der Waals surface area contributed by atoms with Crippen molar-refractivity contribution in [2.24, 2.45) is 0 Å². The van der Waals surface area contributed by atoms with Gasteiger partial charge in [-0.15, -0.1) is 0 Å². The Balaban J connectivity index is 2.21. The van der Waals surface area contributed by atoms with Crippen LogP contribution < -0.4 is 10.6 Å². The normalized spacial score (nSPS) is 17.1. The lowest BCUT2D eigenvalue weighted by molar-refractivity contribution is 0.151. The third kappa shape index (κ3) is 4.91. The molecule has 2 N–H and O–H groups in total. The standard InChI is InChI=1S/C12H25N3O2/c1-12(2,15-7-4-5-8-15)10-14-11(16)13-6-9-17-3/h4-10H2,1-3H3,(H2,13,14,16). The maximum absolute atomic E-state index is 11.5. The number of likely N-dealkylation sites (tertiary alicyclic amines) is 1. The van der Waals surface area contributed by atoms with Crippen LogP contribution in [0.2, 0.25) is 0 Å². The second kappa shape index (κ2) is 6.81. The molecule has 0 aromatic rings. The number of rotatable bonds is 6. The number of amides is 2. The van der Waals surface area contributed by atoms with Gasteiger partial charge in [-0.2, -0.15) is 0 Å². The van der Waals surface area contributed by atoms with E-state index < -0.39 is 0 Å². The third-order valence-corrected chi connectivity index (χ3v) is 3.24. The Kier molecular flexibility index (Phi) is 5.71. The van der Waals surface area contributed by atoms with Gasteiger partial charge in [-0.3, -0.25) is 4.90 Å². The zero-order valence-electron chi connectivity index (χ0n) is 11.2. The first-order chi connectivity index (χ1) is 8.06. The summed E-state index contributed by atoms with van der Waals surface area (Å²) in [5.74, 6) is 0. The molecule has 1 rings (SSSR count). The van der Waals surface area contributed by atoms with Gasteiger partial charge in [0.05, 0.1) is 6.61 Å². The molecule has 5 heteroatoms. The second-order valence-electron chi connectivity index (χ2n) is 5.11. The molecule has 0 spiro atoms. The van der Waals surface area contributed by atoms with Crippen LogP contribution in [0.4, 0.5) is 4.79 Å². The van der Waals surface area contributed by atoms with E-state index in [-0.39, 0.29) is 11.6 Å². The molecule has 100 valence electrons. The van der Waals surface area contributed by atoms with E-state index in [9.17, 15) is 4.79 Å². The van der Waals surface area contributed by atoms with Crippen LogP contribution in [-0.2, 0) is 4.74 Å². The number of nitrogens with one attached hydrogen (secondary N) is 2. The molecule has 5 nitrogen and oxygen atoms in total. The van der Waals surface area contributed by atoms with Crippen molar-refractivity contribution in [3.05, 3.63) is 0 Å². The van der Waals surface area contributed by atoms with Gasteiger partial charge in [0.1, 0.15) is 0 Å². The number of carbonyl (C=O) groups excluding carboxylic acids is 1. The monoisotopic (exact) mass is 243 g/mol. The van der Waals surface area contributed by atoms with Gasteiger partial charge in [-0.05, 0) is 39.8 Å². The van der Waals surface area contributed by atoms with E-state index in [1.165, 1.54) is 12.8 Å². The molecule has 0 radical (unpaired) electrons. The summed E-state index contributed by atoms with van der Waals surface area (Å²) in [6, 6.07) is -0.116. The van der Waals surface area contributed by atoms with Gasteiger partial charge >= 0.3 is 6.03 Å². The smallest absolute Gasteiger partial charge is 0.314 e. The molecule has 1 aliphatic rings. The molecule has 2 amide bonds. The van der Waals surface area contributed by atoms with Crippen LogP contribution in [0.1, 0.15) is 26.7 Å². The van der Waals surface area contributed by atoms with Gasteiger partial charge in [-0.1, -0.05) is 0 Å². The van der Waals surface area contributed by atoms with Crippen molar-refractivity contribution in [1.82, 2.24) is 15.5 Å². The highest BCUT2D eigenvalue weighted by Gasteiger charge is 2.29. The van der Waals surface area contributed by atoms with Gasteiger partial charge in [-0.25, -0.2) is 4.79 Å². The summed E-state index contributed by atoms with van der Waals surface area (Å²) in [6.07, 6.45) is 2.53. The number of hydrogen-bond donors (Lipinski definition) is 2. The van der Waals surface area contributed by atoms with Gasteiger partial charge in [0, 0.05) is 25.7 Å². The number of carbonyl (C=O) groups is 1. The van der Waals surface area contributed by atoms with E-state index in [0.717, 1.165) is 13.1 Å². The molecule has 0 unspecified atom stereocenters. The molecule has 1 aliphatic heterocycles. The van der Waals surface area contributed by atoms with Crippen LogP contribution in [0.3, 0.4) is 0 Å². The van der Waals surface area contributed by atoms with Crippen molar-refractivity contribution < 1.29 is 9.53 Å². The Morgan fingerprint density at radius 1 is 1.29 bits per heavy atom. The van der Waals surface area contributed by atoms with Gasteiger partial charge in [0.2, 0.25) is 0 Å². The number of nitrogens with zero attached hydrogens (tertiary/aromatic N) is 1. The molecule has 0 atom stereocenters. The number of hydrogen-bond acceptors (Lipinski definition) is 3. The highest BCUT2D eigenvalue weighted by Crippen LogP contribution is 2.19. The fourth-order valence-corrected chi connectivity index (χ4v) is 2.06. The van der Waals surface area contributed by atoms with Crippen molar-refractivity contribution in [3.8, 4) is 0 Å². The Morgan fingerprint density at radius 3 is 2.53 bits per heavy atom. The predicted molar refractivity (Wildman–Crippen MR) is 68.2 cm³/mol. The van der Waals surface area contributed by atoms with Crippen molar-refractivity contribution in [2.45, 2.75) is 32.2 Å². The van der Waals surface area contributed by atoms with Crippen molar-refractivity contribution >= 4 is 6.03 Å². The van der Waals surface area contributed by atoms with Gasteiger partial charge in [0.15, 0.2) is 0 Å². The Hall–Kier alpha value is -0.810. The summed E-state index contributed by atoms with van der Waals surface area (Å²) < 4.78 is 4.87. The average Bonchev–Trinajstić information content (AvgIpc) is 2.81. The molecule has 1 saturated heterocycles. The summed E-state index contributed by atoms with van der Waals surface area (Å²) >= 11 is 0. The molecule has 1 heterocycles. The van der Waals surface area contributed by atoms with Crippen molar-refractivity contribution in [1.29, 1.82) is 0 Å². The minimum absolute atomic E-state index is 0.0368. The first-order valence-corrected chi connectivity index (χ1v) is 6.32. The molecule has 0 saturated carbocycles. The number of methoxy groups -OCH3 is 1. The average molecular weight is 243 g/mol. The van der Waals surface area contributed by atoms with Crippen LogP contribution in [0.5, 0.6) is 0 Å². The minimum Gasteiger partial charge on any atom is -0.383 e. The summed E-state index contributed by atoms with van der Waals surface area (Å²) in [6.45, 7) is 8.39. The van der Waals surface area contributed by atoms with E-state index in [1.54, 1.807) is 7.11 Å². The first-order valence-electron chi connectivity index (χ1n) is 6.32. The predicted octanol–water partition coefficient (Wildman–Crippen LogP) is 0.806. The summed E-state index contributed by atoms with van der Waals surface area (Å²) in [7, 11) is 1.62. The van der Waals surface area contributed by atoms with E-state index in [1.807, 2.05) is 0 Å². The molecule has 0 bridgehead atoms. The SMILES string of the molecule is COCCNC(=O)NCC(C)(C)N1CCCC1.